The Morgan fingerprint density at radius 3 is 2.33 bits per heavy atom. The van der Waals surface area contributed by atoms with Crippen LogP contribution < -0.4 is 0 Å². The number of carbonyl (C=O) groups is 3. The average Bonchev–Trinajstić information content (AvgIpc) is 2.00. The summed E-state index contributed by atoms with van der Waals surface area (Å²) in [4.78, 5) is 30.3. The number of carboxylic acids is 1. The van der Waals surface area contributed by atoms with E-state index >= 15 is 0 Å². The molecule has 0 amide bonds. The first-order chi connectivity index (χ1) is 5.57. The molecule has 66 valence electrons. The lowest BCUT2D eigenvalue weighted by molar-refractivity contribution is -0.161. The molecule has 0 aromatic carbocycles. The number of esters is 1. The van der Waals surface area contributed by atoms with Gasteiger partial charge >= 0.3 is 18.1 Å². The number of rotatable bonds is 1. The summed E-state index contributed by atoms with van der Waals surface area (Å²) >= 11 is 0. The van der Waals surface area contributed by atoms with Crippen LogP contribution in [0, 0.1) is 0 Å². The zero-order valence-electron chi connectivity index (χ0n) is 6.14. The Balaban J connectivity index is 3.85. The van der Waals surface area contributed by atoms with Crippen LogP contribution in [0.3, 0.4) is 0 Å². The van der Waals surface area contributed by atoms with Crippen LogP contribution in [-0.2, 0) is 19.1 Å². The van der Waals surface area contributed by atoms with E-state index in [1.165, 1.54) is 6.08 Å². The van der Waals surface area contributed by atoms with Gasteiger partial charge in [-0.05, 0) is 6.92 Å². The van der Waals surface area contributed by atoms with E-state index in [0.717, 1.165) is 6.26 Å². The number of carbonyl (C=O) groups excluding carboxylic acids is 2. The molecule has 0 bridgehead atoms. The maximum absolute atomic E-state index is 10.3. The predicted octanol–water partition coefficient (Wildman–Crippen LogP) is 0.284. The van der Waals surface area contributed by atoms with Crippen molar-refractivity contribution >= 4 is 18.1 Å². The third kappa shape index (κ3) is 4.04. The van der Waals surface area contributed by atoms with E-state index in [0.29, 0.717) is 0 Å². The molecule has 0 atom stereocenters. The summed E-state index contributed by atoms with van der Waals surface area (Å²) in [5.41, 5.74) is 0. The summed E-state index contributed by atoms with van der Waals surface area (Å²) in [6.45, 7) is 1.56. The lowest BCUT2D eigenvalue weighted by Gasteiger charge is -1.95. The van der Waals surface area contributed by atoms with Gasteiger partial charge in [-0.1, -0.05) is 6.08 Å². The van der Waals surface area contributed by atoms with E-state index in [1.807, 2.05) is 0 Å². The number of aliphatic carboxylic acids is 1. The summed E-state index contributed by atoms with van der Waals surface area (Å²) in [6, 6.07) is 0. The first-order valence-electron chi connectivity index (χ1n) is 2.84. The van der Waals surface area contributed by atoms with Gasteiger partial charge in [0.2, 0.25) is 0 Å². The molecule has 0 aliphatic heterocycles. The first-order valence-corrected chi connectivity index (χ1v) is 2.84. The minimum absolute atomic E-state index is 0.956. The molecule has 0 aliphatic carbocycles. The van der Waals surface area contributed by atoms with Crippen molar-refractivity contribution in [3.8, 4) is 0 Å². The van der Waals surface area contributed by atoms with Crippen molar-refractivity contribution < 1.29 is 29.0 Å². The normalized spacial score (nSPS) is 9.42. The van der Waals surface area contributed by atoms with Gasteiger partial charge in [-0.2, -0.15) is 0 Å². The predicted molar refractivity (Wildman–Crippen MR) is 35.0 cm³/mol. The van der Waals surface area contributed by atoms with Crippen LogP contribution in [0.4, 0.5) is 4.79 Å². The zero-order chi connectivity index (χ0) is 9.56. The minimum atomic E-state index is -1.85. The van der Waals surface area contributed by atoms with Gasteiger partial charge in [-0.3, -0.25) is 0 Å². The number of ether oxygens (including phenoxy) is 2. The lowest BCUT2D eigenvalue weighted by atomic mass is 10.7. The van der Waals surface area contributed by atoms with Gasteiger partial charge in [0.05, 0.1) is 6.26 Å². The van der Waals surface area contributed by atoms with Crippen molar-refractivity contribution in [2.45, 2.75) is 6.92 Å². The largest absolute Gasteiger partial charge is 0.521 e. The third-order valence-corrected chi connectivity index (χ3v) is 0.651. The zero-order valence-corrected chi connectivity index (χ0v) is 6.14. The molecular weight excluding hydrogens is 168 g/mol. The molecule has 0 aromatic heterocycles. The van der Waals surface area contributed by atoms with Crippen LogP contribution in [0.1, 0.15) is 6.92 Å². The van der Waals surface area contributed by atoms with E-state index in [1.54, 1.807) is 6.92 Å². The number of carboxylic acid groups (broad SMARTS) is 1. The van der Waals surface area contributed by atoms with Crippen molar-refractivity contribution in [1.82, 2.24) is 0 Å². The summed E-state index contributed by atoms with van der Waals surface area (Å²) in [5, 5.41) is 7.96. The Hall–Kier alpha value is -1.85. The van der Waals surface area contributed by atoms with E-state index < -0.39 is 18.1 Å². The fraction of sp³-hybridized carbons (Fsp3) is 0.167. The minimum Gasteiger partial charge on any atom is -0.473 e. The highest BCUT2D eigenvalue weighted by molar-refractivity contribution is 6.30. The van der Waals surface area contributed by atoms with Crippen LogP contribution in [-0.4, -0.2) is 23.2 Å². The molecule has 0 radical (unpaired) electrons. The highest BCUT2D eigenvalue weighted by Gasteiger charge is 2.18. The standard InChI is InChI=1S/C6H6O6/c1-2-3-11-6(10)12-5(9)4(7)8/h2-3H,1H3,(H,7,8). The highest BCUT2D eigenvalue weighted by atomic mass is 16.7. The van der Waals surface area contributed by atoms with E-state index in [9.17, 15) is 14.4 Å². The van der Waals surface area contributed by atoms with Gasteiger partial charge in [-0.25, -0.2) is 14.4 Å². The number of hydrogen-bond acceptors (Lipinski definition) is 5. The van der Waals surface area contributed by atoms with Crippen molar-refractivity contribution in [3.05, 3.63) is 12.3 Å². The van der Waals surface area contributed by atoms with Gasteiger partial charge in [-0.15, -0.1) is 0 Å². The molecule has 1 N–H and O–H groups in total. The molecule has 0 heterocycles. The maximum atomic E-state index is 10.3. The number of allylic oxidation sites excluding steroid dienone is 1. The van der Waals surface area contributed by atoms with Gasteiger partial charge in [0, 0.05) is 0 Å². The van der Waals surface area contributed by atoms with Crippen molar-refractivity contribution in [2.24, 2.45) is 0 Å². The molecule has 0 saturated heterocycles. The molecule has 6 heteroatoms. The molecule has 0 unspecified atom stereocenters. The van der Waals surface area contributed by atoms with Crippen LogP contribution in [0.5, 0.6) is 0 Å². The Bertz CT molecular complexity index is 228. The Morgan fingerprint density at radius 2 is 1.92 bits per heavy atom. The Labute approximate surface area is 67.4 Å². The maximum Gasteiger partial charge on any atom is 0.521 e. The molecule has 6 nitrogen and oxygen atoms in total. The van der Waals surface area contributed by atoms with E-state index in [-0.39, 0.29) is 0 Å². The summed E-state index contributed by atoms with van der Waals surface area (Å²) in [6.07, 6.45) is 0.949. The third-order valence-electron chi connectivity index (χ3n) is 0.651. The van der Waals surface area contributed by atoms with Gasteiger partial charge in [0.1, 0.15) is 0 Å². The second kappa shape index (κ2) is 4.89. The molecule has 0 spiro atoms. The second-order valence-corrected chi connectivity index (χ2v) is 1.53. The van der Waals surface area contributed by atoms with Gasteiger partial charge in [0.15, 0.2) is 0 Å². The molecule has 12 heavy (non-hydrogen) atoms. The molecule has 0 saturated carbocycles. The van der Waals surface area contributed by atoms with E-state index in [4.69, 9.17) is 5.11 Å². The Kier molecular flexibility index (Phi) is 4.13. The average molecular weight is 174 g/mol. The smallest absolute Gasteiger partial charge is 0.473 e. The number of hydrogen-bond donors (Lipinski definition) is 1. The summed E-state index contributed by atoms with van der Waals surface area (Å²) in [5.74, 6) is -3.53. The van der Waals surface area contributed by atoms with Crippen LogP contribution >= 0.6 is 0 Å². The fourth-order valence-corrected chi connectivity index (χ4v) is 0.267. The first kappa shape index (κ1) is 10.2. The van der Waals surface area contributed by atoms with Crippen molar-refractivity contribution in [3.63, 3.8) is 0 Å². The fourth-order valence-electron chi connectivity index (χ4n) is 0.267. The summed E-state index contributed by atoms with van der Waals surface area (Å²) in [7, 11) is 0. The molecule has 0 rings (SSSR count). The van der Waals surface area contributed by atoms with Gasteiger partial charge < -0.3 is 14.6 Å². The topological polar surface area (TPSA) is 89.9 Å². The van der Waals surface area contributed by atoms with Crippen LogP contribution in [0.15, 0.2) is 12.3 Å². The molecule has 0 aliphatic rings. The second-order valence-electron chi connectivity index (χ2n) is 1.53. The molecule has 0 aromatic rings. The SMILES string of the molecule is CC=COC(=O)OC(=O)C(=O)O. The Morgan fingerprint density at radius 1 is 1.33 bits per heavy atom. The van der Waals surface area contributed by atoms with E-state index in [2.05, 4.69) is 9.47 Å². The molecule has 0 fully saturated rings. The highest BCUT2D eigenvalue weighted by Crippen LogP contribution is 1.87. The quantitative estimate of drug-likeness (QED) is 0.266. The lowest BCUT2D eigenvalue weighted by Crippen LogP contribution is -2.20. The van der Waals surface area contributed by atoms with Crippen LogP contribution in [0.25, 0.3) is 0 Å². The van der Waals surface area contributed by atoms with Crippen LogP contribution in [0.2, 0.25) is 0 Å². The van der Waals surface area contributed by atoms with Crippen molar-refractivity contribution in [2.75, 3.05) is 0 Å². The van der Waals surface area contributed by atoms with Gasteiger partial charge in [0.25, 0.3) is 0 Å². The summed E-state index contributed by atoms with van der Waals surface area (Å²) < 4.78 is 7.75. The molecular formula is C6H6O6. The monoisotopic (exact) mass is 174 g/mol. The van der Waals surface area contributed by atoms with Crippen molar-refractivity contribution in [1.29, 1.82) is 0 Å².